The van der Waals surface area contributed by atoms with Gasteiger partial charge in [-0.1, -0.05) is 203 Å². The minimum atomic E-state index is -0.804. The third-order valence-corrected chi connectivity index (χ3v) is 11.0. The van der Waals surface area contributed by atoms with E-state index in [2.05, 4.69) is 99.0 Å². The molecule has 6 nitrogen and oxygen atoms in total. The molecule has 0 spiro atoms. The molecule has 3 N–H and O–H groups in total. The summed E-state index contributed by atoms with van der Waals surface area (Å²) >= 11 is 0. The van der Waals surface area contributed by atoms with Gasteiger partial charge in [0.2, 0.25) is 5.91 Å². The zero-order valence-corrected chi connectivity index (χ0v) is 39.3. The highest BCUT2D eigenvalue weighted by Crippen LogP contribution is 2.16. The van der Waals surface area contributed by atoms with Crippen LogP contribution in [0.4, 0.5) is 0 Å². The number of amides is 1. The number of ether oxygens (including phenoxy) is 1. The molecule has 0 bridgehead atoms. The molecule has 0 aliphatic heterocycles. The van der Waals surface area contributed by atoms with Crippen molar-refractivity contribution in [2.75, 3.05) is 6.61 Å². The number of hydrogen-bond acceptors (Lipinski definition) is 5. The van der Waals surface area contributed by atoms with Crippen LogP contribution in [0.2, 0.25) is 0 Å². The van der Waals surface area contributed by atoms with E-state index in [1.807, 2.05) is 0 Å². The van der Waals surface area contributed by atoms with E-state index in [1.165, 1.54) is 96.3 Å². The highest BCUT2D eigenvalue weighted by atomic mass is 16.5. The molecule has 0 radical (unpaired) electrons. The van der Waals surface area contributed by atoms with Gasteiger partial charge >= 0.3 is 5.97 Å². The number of carbonyl (C=O) groups excluding carboxylic acids is 2. The summed E-state index contributed by atoms with van der Waals surface area (Å²) in [5.41, 5.74) is 0. The molecule has 0 aromatic heterocycles. The van der Waals surface area contributed by atoms with Gasteiger partial charge in [-0.3, -0.25) is 9.59 Å². The Hall–Kier alpha value is -2.70. The van der Waals surface area contributed by atoms with Crippen molar-refractivity contribution in [1.29, 1.82) is 0 Å². The summed E-state index contributed by atoms with van der Waals surface area (Å²) in [4.78, 5) is 26.1. The van der Waals surface area contributed by atoms with Gasteiger partial charge in [0.15, 0.2) is 0 Å². The SMILES string of the molecule is CC/C=C/C/C=C/C/C=C/C/C=C/CCCC(CC(=O)NC(CO)C(O)CCCCCCCCCCCC)OC(=O)CCCCCCCCC/C=C\C/C=C\CCCCC. The summed E-state index contributed by atoms with van der Waals surface area (Å²) in [6.45, 7) is 6.31. The summed E-state index contributed by atoms with van der Waals surface area (Å²) in [6, 6.07) is -0.722. The molecule has 0 saturated heterocycles. The lowest BCUT2D eigenvalue weighted by Gasteiger charge is -2.24. The van der Waals surface area contributed by atoms with Crippen LogP contribution in [0.1, 0.15) is 233 Å². The lowest BCUT2D eigenvalue weighted by Crippen LogP contribution is -2.46. The van der Waals surface area contributed by atoms with Crippen molar-refractivity contribution < 1.29 is 24.5 Å². The summed E-state index contributed by atoms with van der Waals surface area (Å²) in [5, 5.41) is 23.7. The lowest BCUT2D eigenvalue weighted by molar-refractivity contribution is -0.151. The number of hydrogen-bond donors (Lipinski definition) is 3. The van der Waals surface area contributed by atoms with E-state index in [1.54, 1.807) is 0 Å². The van der Waals surface area contributed by atoms with Gasteiger partial charge in [-0.2, -0.15) is 0 Å². The Labute approximate surface area is 371 Å². The fourth-order valence-electron chi connectivity index (χ4n) is 7.22. The summed E-state index contributed by atoms with van der Waals surface area (Å²) in [7, 11) is 0. The predicted octanol–water partition coefficient (Wildman–Crippen LogP) is 15.0. The Kier molecular flexibility index (Phi) is 45.2. The second-order valence-electron chi connectivity index (χ2n) is 16.8. The molecule has 1 amide bonds. The van der Waals surface area contributed by atoms with Crippen molar-refractivity contribution in [3.8, 4) is 0 Å². The van der Waals surface area contributed by atoms with E-state index < -0.39 is 18.2 Å². The Bertz CT molecular complexity index is 1120. The van der Waals surface area contributed by atoms with Crippen LogP contribution in [-0.2, 0) is 14.3 Å². The fraction of sp³-hybridized carbons (Fsp3) is 0.741. The van der Waals surface area contributed by atoms with Crippen molar-refractivity contribution in [3.05, 3.63) is 72.9 Å². The van der Waals surface area contributed by atoms with E-state index in [0.29, 0.717) is 19.3 Å². The predicted molar refractivity (Wildman–Crippen MR) is 259 cm³/mol. The summed E-state index contributed by atoms with van der Waals surface area (Å²) in [5.74, 6) is -0.540. The smallest absolute Gasteiger partial charge is 0.306 e. The van der Waals surface area contributed by atoms with Gasteiger partial charge in [0.05, 0.1) is 25.2 Å². The third kappa shape index (κ3) is 42.0. The molecular weight excluding hydrogens is 743 g/mol. The van der Waals surface area contributed by atoms with E-state index in [9.17, 15) is 19.8 Å². The van der Waals surface area contributed by atoms with E-state index in [4.69, 9.17) is 4.74 Å². The number of allylic oxidation sites excluding steroid dienone is 12. The second-order valence-corrected chi connectivity index (χ2v) is 16.8. The highest BCUT2D eigenvalue weighted by molar-refractivity contribution is 5.77. The van der Waals surface area contributed by atoms with Gasteiger partial charge in [0.25, 0.3) is 0 Å². The van der Waals surface area contributed by atoms with Crippen molar-refractivity contribution >= 4 is 11.9 Å². The first kappa shape index (κ1) is 57.3. The minimum absolute atomic E-state index is 0.0341. The van der Waals surface area contributed by atoms with Gasteiger partial charge in [-0.05, 0) is 89.9 Å². The van der Waals surface area contributed by atoms with E-state index >= 15 is 0 Å². The Morgan fingerprint density at radius 3 is 1.43 bits per heavy atom. The van der Waals surface area contributed by atoms with Crippen LogP contribution in [-0.4, -0.2) is 46.9 Å². The zero-order chi connectivity index (χ0) is 43.8. The van der Waals surface area contributed by atoms with Crippen molar-refractivity contribution in [3.63, 3.8) is 0 Å². The van der Waals surface area contributed by atoms with Gasteiger partial charge < -0.3 is 20.3 Å². The van der Waals surface area contributed by atoms with Crippen LogP contribution >= 0.6 is 0 Å². The van der Waals surface area contributed by atoms with Crippen molar-refractivity contribution in [2.24, 2.45) is 0 Å². The number of esters is 1. The topological polar surface area (TPSA) is 95.9 Å². The lowest BCUT2D eigenvalue weighted by atomic mass is 10.0. The van der Waals surface area contributed by atoms with Crippen LogP contribution in [0.3, 0.4) is 0 Å². The Morgan fingerprint density at radius 2 is 0.917 bits per heavy atom. The van der Waals surface area contributed by atoms with E-state index in [0.717, 1.165) is 89.9 Å². The molecule has 0 aliphatic rings. The van der Waals surface area contributed by atoms with Gasteiger partial charge in [0.1, 0.15) is 6.10 Å². The van der Waals surface area contributed by atoms with Crippen LogP contribution < -0.4 is 5.32 Å². The van der Waals surface area contributed by atoms with Crippen LogP contribution in [0.25, 0.3) is 0 Å². The maximum Gasteiger partial charge on any atom is 0.306 e. The molecule has 3 atom stereocenters. The highest BCUT2D eigenvalue weighted by Gasteiger charge is 2.24. The standard InChI is InChI=1S/C54H95NO5/c1-4-7-10-13-16-19-22-24-26-27-28-30-32-35-38-41-44-47-54(59)60-50(45-42-39-36-33-31-29-25-23-20-17-14-11-8-5-2)48-53(58)55-51(49-56)52(57)46-43-40-37-34-21-18-15-12-9-6-3/h8,11,16-17,19-20,24-26,29,33,36,50-52,56-57H,4-7,9-10,12-15,18,21-23,27-28,30-32,34-35,37-49H2,1-3H3,(H,55,58)/b11-8+,19-16-,20-17+,26-24-,29-25+,36-33+. The van der Waals surface area contributed by atoms with Gasteiger partial charge in [0, 0.05) is 6.42 Å². The monoisotopic (exact) mass is 838 g/mol. The maximum absolute atomic E-state index is 13.2. The zero-order valence-electron chi connectivity index (χ0n) is 39.3. The molecule has 6 heteroatoms. The molecule has 0 rings (SSSR count). The first-order chi connectivity index (χ1) is 29.5. The molecule has 0 heterocycles. The molecule has 60 heavy (non-hydrogen) atoms. The van der Waals surface area contributed by atoms with Crippen molar-refractivity contribution in [1.82, 2.24) is 5.32 Å². The Morgan fingerprint density at radius 1 is 0.500 bits per heavy atom. The first-order valence-corrected chi connectivity index (χ1v) is 25.2. The number of carbonyl (C=O) groups is 2. The average Bonchev–Trinajstić information content (AvgIpc) is 3.24. The number of unbranched alkanes of at least 4 members (excludes halogenated alkanes) is 20. The normalized spacial score (nSPS) is 13.9. The molecule has 0 aromatic rings. The summed E-state index contributed by atoms with van der Waals surface area (Å²) in [6.07, 6.45) is 59.6. The largest absolute Gasteiger partial charge is 0.462 e. The molecule has 0 fully saturated rings. The maximum atomic E-state index is 13.2. The first-order valence-electron chi connectivity index (χ1n) is 25.2. The Balaban J connectivity index is 4.67. The van der Waals surface area contributed by atoms with E-state index in [-0.39, 0.29) is 24.9 Å². The van der Waals surface area contributed by atoms with Crippen LogP contribution in [0, 0.1) is 0 Å². The minimum Gasteiger partial charge on any atom is -0.462 e. The second kappa shape index (κ2) is 47.4. The molecular formula is C54H95NO5. The third-order valence-electron chi connectivity index (χ3n) is 11.0. The average molecular weight is 838 g/mol. The number of rotatable bonds is 44. The quantitative estimate of drug-likeness (QED) is 0.0323. The van der Waals surface area contributed by atoms with Gasteiger partial charge in [-0.15, -0.1) is 0 Å². The van der Waals surface area contributed by atoms with Crippen LogP contribution in [0.15, 0.2) is 72.9 Å². The molecule has 0 saturated carbocycles. The molecule has 0 aliphatic carbocycles. The van der Waals surface area contributed by atoms with Crippen molar-refractivity contribution in [2.45, 2.75) is 251 Å². The number of aliphatic hydroxyl groups excluding tert-OH is 2. The van der Waals surface area contributed by atoms with Gasteiger partial charge in [-0.25, -0.2) is 0 Å². The molecule has 3 unspecified atom stereocenters. The molecule has 0 aromatic carbocycles. The number of aliphatic hydroxyl groups is 2. The number of nitrogens with one attached hydrogen (secondary N) is 1. The fourth-order valence-corrected chi connectivity index (χ4v) is 7.22. The molecule has 346 valence electrons. The summed E-state index contributed by atoms with van der Waals surface area (Å²) < 4.78 is 5.90. The van der Waals surface area contributed by atoms with Crippen LogP contribution in [0.5, 0.6) is 0 Å².